The van der Waals surface area contributed by atoms with Crippen LogP contribution >= 0.6 is 11.6 Å². The molecule has 0 bridgehead atoms. The molecule has 2 rings (SSSR count). The molecule has 1 atom stereocenters. The molecule has 0 aliphatic heterocycles. The third-order valence-electron chi connectivity index (χ3n) is 2.90. The van der Waals surface area contributed by atoms with Gasteiger partial charge in [0.15, 0.2) is 5.15 Å². The normalized spacial score (nSPS) is 13.0. The van der Waals surface area contributed by atoms with E-state index in [1.807, 2.05) is 0 Å². The lowest BCUT2D eigenvalue weighted by Gasteiger charge is -2.15. The Morgan fingerprint density at radius 1 is 1.41 bits per heavy atom. The zero-order chi connectivity index (χ0) is 16.3. The summed E-state index contributed by atoms with van der Waals surface area (Å²) in [5, 5.41) is 6.91. The van der Waals surface area contributed by atoms with Crippen LogP contribution in [0.3, 0.4) is 0 Å². The predicted molar refractivity (Wildman–Crippen MR) is 75.6 cm³/mol. The average Bonchev–Trinajstić information content (AvgIpc) is 2.83. The minimum atomic E-state index is -4.48. The van der Waals surface area contributed by atoms with Gasteiger partial charge in [0.25, 0.3) is 5.91 Å². The fourth-order valence-corrected chi connectivity index (χ4v) is 2.06. The molecule has 0 fully saturated rings. The molecule has 1 N–H and O–H groups in total. The van der Waals surface area contributed by atoms with Crippen molar-refractivity contribution in [3.8, 4) is 0 Å². The highest BCUT2D eigenvalue weighted by Gasteiger charge is 2.30. The number of rotatable bonds is 4. The van der Waals surface area contributed by atoms with Crippen LogP contribution in [-0.4, -0.2) is 21.7 Å². The number of alkyl halides is 3. The SMILES string of the molecule is C[C@@H](Cn1ccc(Cl)n1)NC(=O)c1cccc(C(F)(F)F)c1. The molecule has 0 saturated heterocycles. The van der Waals surface area contributed by atoms with Gasteiger partial charge in [0.2, 0.25) is 0 Å². The van der Waals surface area contributed by atoms with Crippen molar-refractivity contribution in [3.63, 3.8) is 0 Å². The van der Waals surface area contributed by atoms with Gasteiger partial charge in [0, 0.05) is 17.8 Å². The van der Waals surface area contributed by atoms with E-state index in [1.54, 1.807) is 23.9 Å². The second-order valence-electron chi connectivity index (χ2n) is 4.81. The van der Waals surface area contributed by atoms with E-state index in [0.29, 0.717) is 11.7 Å². The number of amides is 1. The van der Waals surface area contributed by atoms with Crippen LogP contribution in [0, 0.1) is 0 Å². The number of nitrogens with zero attached hydrogens (tertiary/aromatic N) is 2. The number of carbonyl (C=O) groups excluding carboxylic acids is 1. The fraction of sp³-hybridized carbons (Fsp3) is 0.286. The first-order chi connectivity index (χ1) is 10.3. The van der Waals surface area contributed by atoms with E-state index in [-0.39, 0.29) is 11.6 Å². The number of aromatic nitrogens is 2. The Morgan fingerprint density at radius 2 is 2.14 bits per heavy atom. The Balaban J connectivity index is 2.02. The molecule has 118 valence electrons. The number of carbonyl (C=O) groups is 1. The molecule has 2 aromatic rings. The molecule has 22 heavy (non-hydrogen) atoms. The van der Waals surface area contributed by atoms with Crippen LogP contribution in [0.15, 0.2) is 36.5 Å². The maximum atomic E-state index is 12.6. The van der Waals surface area contributed by atoms with Crippen LogP contribution in [0.5, 0.6) is 0 Å². The zero-order valence-electron chi connectivity index (χ0n) is 11.6. The molecule has 0 unspecified atom stereocenters. The molecule has 1 aromatic heterocycles. The second kappa shape index (κ2) is 6.39. The van der Waals surface area contributed by atoms with Crippen LogP contribution in [-0.2, 0) is 12.7 Å². The second-order valence-corrected chi connectivity index (χ2v) is 5.20. The van der Waals surface area contributed by atoms with Gasteiger partial charge in [0.05, 0.1) is 12.1 Å². The van der Waals surface area contributed by atoms with Crippen LogP contribution in [0.2, 0.25) is 5.15 Å². The quantitative estimate of drug-likeness (QED) is 0.933. The van der Waals surface area contributed by atoms with Gasteiger partial charge in [0.1, 0.15) is 0 Å². The molecular weight excluding hydrogens is 319 g/mol. The van der Waals surface area contributed by atoms with Gasteiger partial charge in [-0.1, -0.05) is 17.7 Å². The van der Waals surface area contributed by atoms with E-state index < -0.39 is 17.6 Å². The molecule has 0 radical (unpaired) electrons. The van der Waals surface area contributed by atoms with Crippen LogP contribution in [0.4, 0.5) is 13.2 Å². The van der Waals surface area contributed by atoms with Crippen LogP contribution in [0.1, 0.15) is 22.8 Å². The summed E-state index contributed by atoms with van der Waals surface area (Å²) in [5.74, 6) is -0.572. The Bertz CT molecular complexity index is 669. The lowest BCUT2D eigenvalue weighted by molar-refractivity contribution is -0.137. The molecule has 0 aliphatic rings. The fourth-order valence-electron chi connectivity index (χ4n) is 1.91. The highest BCUT2D eigenvalue weighted by molar-refractivity contribution is 6.29. The smallest absolute Gasteiger partial charge is 0.348 e. The first kappa shape index (κ1) is 16.4. The van der Waals surface area contributed by atoms with E-state index in [2.05, 4.69) is 10.4 Å². The van der Waals surface area contributed by atoms with Gasteiger partial charge >= 0.3 is 6.18 Å². The highest BCUT2D eigenvalue weighted by Crippen LogP contribution is 2.29. The maximum absolute atomic E-state index is 12.6. The van der Waals surface area contributed by atoms with Crippen molar-refractivity contribution in [2.24, 2.45) is 0 Å². The molecule has 1 amide bonds. The molecule has 1 heterocycles. The number of halogens is 4. The summed E-state index contributed by atoms with van der Waals surface area (Å²) in [4.78, 5) is 12.0. The van der Waals surface area contributed by atoms with Crippen molar-refractivity contribution in [3.05, 3.63) is 52.8 Å². The number of nitrogens with one attached hydrogen (secondary N) is 1. The molecule has 0 aliphatic carbocycles. The minimum absolute atomic E-state index is 0.0415. The third kappa shape index (κ3) is 4.24. The summed E-state index contributed by atoms with van der Waals surface area (Å²) in [6.45, 7) is 2.08. The van der Waals surface area contributed by atoms with E-state index in [0.717, 1.165) is 12.1 Å². The number of hydrogen-bond donors (Lipinski definition) is 1. The van der Waals surface area contributed by atoms with Crippen molar-refractivity contribution in [1.82, 2.24) is 15.1 Å². The lowest BCUT2D eigenvalue weighted by Crippen LogP contribution is -2.35. The highest BCUT2D eigenvalue weighted by atomic mass is 35.5. The van der Waals surface area contributed by atoms with Crippen molar-refractivity contribution >= 4 is 17.5 Å². The Kier molecular flexibility index (Phi) is 4.75. The predicted octanol–water partition coefficient (Wildman–Crippen LogP) is 3.37. The van der Waals surface area contributed by atoms with Gasteiger partial charge in [-0.3, -0.25) is 9.48 Å². The molecule has 4 nitrogen and oxygen atoms in total. The standard InChI is InChI=1S/C14H13ClF3N3O/c1-9(8-21-6-5-12(15)20-21)19-13(22)10-3-2-4-11(7-10)14(16,17)18/h2-7,9H,8H2,1H3,(H,19,22)/t9-/m0/s1. The summed E-state index contributed by atoms with van der Waals surface area (Å²) in [6.07, 6.45) is -2.83. The molecule has 0 spiro atoms. The Hall–Kier alpha value is -2.02. The average molecular weight is 332 g/mol. The first-order valence-electron chi connectivity index (χ1n) is 6.43. The Labute approximate surface area is 129 Å². The number of hydrogen-bond acceptors (Lipinski definition) is 2. The molecule has 0 saturated carbocycles. The number of benzene rings is 1. The monoisotopic (exact) mass is 331 g/mol. The van der Waals surface area contributed by atoms with Crippen LogP contribution in [0.25, 0.3) is 0 Å². The Morgan fingerprint density at radius 3 is 2.73 bits per heavy atom. The van der Waals surface area contributed by atoms with Gasteiger partial charge in [-0.2, -0.15) is 18.3 Å². The zero-order valence-corrected chi connectivity index (χ0v) is 12.3. The third-order valence-corrected chi connectivity index (χ3v) is 3.10. The van der Waals surface area contributed by atoms with Crippen LogP contribution < -0.4 is 5.32 Å². The summed E-state index contributed by atoms with van der Waals surface area (Å²) in [5.41, 5.74) is -0.896. The summed E-state index contributed by atoms with van der Waals surface area (Å²) >= 11 is 5.68. The van der Waals surface area contributed by atoms with Crippen molar-refractivity contribution in [2.75, 3.05) is 0 Å². The molecule has 8 heteroatoms. The topological polar surface area (TPSA) is 46.9 Å². The van der Waals surface area contributed by atoms with Crippen molar-refractivity contribution in [2.45, 2.75) is 25.7 Å². The van der Waals surface area contributed by atoms with E-state index in [9.17, 15) is 18.0 Å². The minimum Gasteiger partial charge on any atom is -0.348 e. The van der Waals surface area contributed by atoms with Gasteiger partial charge in [-0.25, -0.2) is 0 Å². The van der Waals surface area contributed by atoms with Crippen molar-refractivity contribution < 1.29 is 18.0 Å². The van der Waals surface area contributed by atoms with Gasteiger partial charge in [-0.05, 0) is 31.2 Å². The largest absolute Gasteiger partial charge is 0.416 e. The van der Waals surface area contributed by atoms with Crippen molar-refractivity contribution in [1.29, 1.82) is 0 Å². The van der Waals surface area contributed by atoms with E-state index in [1.165, 1.54) is 12.1 Å². The lowest BCUT2D eigenvalue weighted by atomic mass is 10.1. The van der Waals surface area contributed by atoms with E-state index >= 15 is 0 Å². The molecular formula is C14H13ClF3N3O. The summed E-state index contributed by atoms with van der Waals surface area (Å²) < 4.78 is 39.4. The summed E-state index contributed by atoms with van der Waals surface area (Å²) in [6, 6.07) is 5.57. The molecule has 1 aromatic carbocycles. The maximum Gasteiger partial charge on any atom is 0.416 e. The van der Waals surface area contributed by atoms with Gasteiger partial charge < -0.3 is 5.32 Å². The first-order valence-corrected chi connectivity index (χ1v) is 6.80. The van der Waals surface area contributed by atoms with Gasteiger partial charge in [-0.15, -0.1) is 0 Å². The summed E-state index contributed by atoms with van der Waals surface area (Å²) in [7, 11) is 0. The van der Waals surface area contributed by atoms with E-state index in [4.69, 9.17) is 11.6 Å².